The van der Waals surface area contributed by atoms with Crippen molar-refractivity contribution in [2.24, 2.45) is 0 Å². The van der Waals surface area contributed by atoms with Crippen LogP contribution in [-0.4, -0.2) is 24.1 Å². The highest BCUT2D eigenvalue weighted by Crippen LogP contribution is 2.28. The second-order valence-electron chi connectivity index (χ2n) is 7.41. The van der Waals surface area contributed by atoms with Gasteiger partial charge in [0, 0.05) is 11.6 Å². The van der Waals surface area contributed by atoms with Gasteiger partial charge in [-0.1, -0.05) is 5.16 Å². The first-order valence-electron chi connectivity index (χ1n) is 9.64. The van der Waals surface area contributed by atoms with Crippen molar-refractivity contribution in [3.63, 3.8) is 0 Å². The van der Waals surface area contributed by atoms with E-state index in [4.69, 9.17) is 4.52 Å². The third-order valence-corrected chi connectivity index (χ3v) is 5.15. The highest BCUT2D eigenvalue weighted by molar-refractivity contribution is 5.87. The van der Waals surface area contributed by atoms with Gasteiger partial charge in [-0.05, 0) is 50.2 Å². The van der Waals surface area contributed by atoms with Crippen molar-refractivity contribution < 1.29 is 13.3 Å². The van der Waals surface area contributed by atoms with Crippen molar-refractivity contribution in [1.82, 2.24) is 24.1 Å². The van der Waals surface area contributed by atoms with Crippen molar-refractivity contribution in [1.29, 1.82) is 5.26 Å². The van der Waals surface area contributed by atoms with E-state index >= 15 is 0 Å². The minimum Gasteiger partial charge on any atom is -0.334 e. The molecule has 0 unspecified atom stereocenters. The fraction of sp³-hybridized carbons (Fsp3) is 0.136. The van der Waals surface area contributed by atoms with E-state index in [0.717, 1.165) is 0 Å². The molecule has 2 aromatic carbocycles. The highest BCUT2D eigenvalue weighted by Gasteiger charge is 2.24. The molecule has 0 aliphatic rings. The van der Waals surface area contributed by atoms with Crippen LogP contribution < -0.4 is 5.56 Å². The van der Waals surface area contributed by atoms with Gasteiger partial charge < -0.3 is 9.09 Å². The first-order chi connectivity index (χ1) is 15.4. The molecule has 0 saturated carbocycles. The number of halogens is 2. The molecular formula is C22H14F2N6O2. The third kappa shape index (κ3) is 2.79. The largest absolute Gasteiger partial charge is 0.334 e. The standard InChI is InChI=1S/C22H14F2N6O2/c1-11(2)30-18-14(9-25)15(24)7-8-16(18)29-10-26-17(19(29)22(30)31)20-27-21(32-28-20)12-3-5-13(23)6-4-12/h3-8,10-11H,1-2H3. The Bertz CT molecular complexity index is 1610. The average molecular weight is 432 g/mol. The molecular weight excluding hydrogens is 418 g/mol. The number of fused-ring (bicyclic) bond motifs is 3. The Kier molecular flexibility index (Phi) is 4.34. The normalized spacial score (nSPS) is 11.5. The van der Waals surface area contributed by atoms with Crippen molar-refractivity contribution in [3.8, 4) is 29.0 Å². The van der Waals surface area contributed by atoms with Gasteiger partial charge in [0.15, 0.2) is 0 Å². The molecule has 0 amide bonds. The summed E-state index contributed by atoms with van der Waals surface area (Å²) in [4.78, 5) is 22.1. The first kappa shape index (κ1) is 19.6. The van der Waals surface area contributed by atoms with Gasteiger partial charge in [0.25, 0.3) is 11.4 Å². The summed E-state index contributed by atoms with van der Waals surface area (Å²) in [5.41, 5.74) is 0.766. The fourth-order valence-corrected chi connectivity index (χ4v) is 3.74. The second-order valence-corrected chi connectivity index (χ2v) is 7.41. The lowest BCUT2D eigenvalue weighted by Crippen LogP contribution is -2.25. The molecule has 0 spiro atoms. The summed E-state index contributed by atoms with van der Waals surface area (Å²) >= 11 is 0. The Morgan fingerprint density at radius 1 is 1.09 bits per heavy atom. The summed E-state index contributed by atoms with van der Waals surface area (Å²) in [7, 11) is 0. The van der Waals surface area contributed by atoms with E-state index in [-0.39, 0.29) is 40.0 Å². The molecule has 5 aromatic rings. The molecule has 0 aliphatic carbocycles. The molecule has 10 heteroatoms. The number of hydrogen-bond acceptors (Lipinski definition) is 6. The molecule has 5 rings (SSSR count). The number of imidazole rings is 1. The van der Waals surface area contributed by atoms with Gasteiger partial charge in [-0.25, -0.2) is 13.8 Å². The van der Waals surface area contributed by atoms with Gasteiger partial charge in [0.1, 0.15) is 40.8 Å². The van der Waals surface area contributed by atoms with Gasteiger partial charge in [0.05, 0.1) is 11.0 Å². The topological polar surface area (TPSA) is 102 Å². The van der Waals surface area contributed by atoms with Crippen LogP contribution in [0.3, 0.4) is 0 Å². The van der Waals surface area contributed by atoms with E-state index in [2.05, 4.69) is 15.1 Å². The number of nitriles is 1. The number of benzene rings is 2. The molecule has 3 heterocycles. The van der Waals surface area contributed by atoms with Crippen LogP contribution in [0.2, 0.25) is 0 Å². The molecule has 0 radical (unpaired) electrons. The highest BCUT2D eigenvalue weighted by atomic mass is 19.1. The summed E-state index contributed by atoms with van der Waals surface area (Å²) < 4.78 is 35.7. The molecule has 0 aliphatic heterocycles. The summed E-state index contributed by atoms with van der Waals surface area (Å²) in [6, 6.07) is 9.68. The summed E-state index contributed by atoms with van der Waals surface area (Å²) in [5.74, 6) is -0.903. The molecule has 0 N–H and O–H groups in total. The minimum absolute atomic E-state index is 0.0706. The van der Waals surface area contributed by atoms with Gasteiger partial charge in [-0.2, -0.15) is 10.2 Å². The smallest absolute Gasteiger partial charge is 0.278 e. The van der Waals surface area contributed by atoms with Crippen molar-refractivity contribution in [3.05, 3.63) is 70.3 Å². The molecule has 0 atom stereocenters. The molecule has 32 heavy (non-hydrogen) atoms. The molecule has 0 fully saturated rings. The van der Waals surface area contributed by atoms with Gasteiger partial charge in [-0.3, -0.25) is 9.20 Å². The maximum atomic E-state index is 14.3. The van der Waals surface area contributed by atoms with Crippen molar-refractivity contribution >= 4 is 16.6 Å². The zero-order valence-electron chi connectivity index (χ0n) is 16.9. The molecule has 0 saturated heterocycles. The monoisotopic (exact) mass is 432 g/mol. The maximum absolute atomic E-state index is 14.3. The maximum Gasteiger partial charge on any atom is 0.278 e. The van der Waals surface area contributed by atoms with Gasteiger partial charge in [0.2, 0.25) is 5.82 Å². The van der Waals surface area contributed by atoms with E-state index in [1.807, 2.05) is 6.07 Å². The lowest BCUT2D eigenvalue weighted by Gasteiger charge is -2.16. The zero-order valence-corrected chi connectivity index (χ0v) is 16.9. The predicted molar refractivity (Wildman–Crippen MR) is 111 cm³/mol. The summed E-state index contributed by atoms with van der Waals surface area (Å²) in [6.07, 6.45) is 1.39. The van der Waals surface area contributed by atoms with E-state index in [0.29, 0.717) is 11.1 Å². The number of nitrogens with zero attached hydrogens (tertiary/aromatic N) is 6. The van der Waals surface area contributed by atoms with E-state index in [1.54, 1.807) is 13.8 Å². The van der Waals surface area contributed by atoms with Crippen LogP contribution >= 0.6 is 0 Å². The Hall–Kier alpha value is -4.39. The zero-order chi connectivity index (χ0) is 22.6. The quantitative estimate of drug-likeness (QED) is 0.425. The van der Waals surface area contributed by atoms with Crippen LogP contribution in [0.5, 0.6) is 0 Å². The predicted octanol–water partition coefficient (Wildman–Crippen LogP) is 4.10. The van der Waals surface area contributed by atoms with E-state index < -0.39 is 17.2 Å². The van der Waals surface area contributed by atoms with Crippen molar-refractivity contribution in [2.45, 2.75) is 19.9 Å². The minimum atomic E-state index is -0.712. The lowest BCUT2D eigenvalue weighted by atomic mass is 10.1. The van der Waals surface area contributed by atoms with Gasteiger partial charge >= 0.3 is 0 Å². The third-order valence-electron chi connectivity index (χ3n) is 5.15. The Labute approximate surface area is 179 Å². The fourth-order valence-electron chi connectivity index (χ4n) is 3.74. The summed E-state index contributed by atoms with van der Waals surface area (Å²) in [5, 5.41) is 13.4. The van der Waals surface area contributed by atoms with Crippen molar-refractivity contribution in [2.75, 3.05) is 0 Å². The lowest BCUT2D eigenvalue weighted by molar-refractivity contribution is 0.432. The molecule has 8 nitrogen and oxygen atoms in total. The van der Waals surface area contributed by atoms with Crippen LogP contribution in [0.1, 0.15) is 25.5 Å². The molecule has 3 aromatic heterocycles. The van der Waals surface area contributed by atoms with Crippen LogP contribution in [0.25, 0.3) is 39.5 Å². The Balaban J connectivity index is 1.80. The average Bonchev–Trinajstić information content (AvgIpc) is 3.42. The second kappa shape index (κ2) is 7.09. The Morgan fingerprint density at radius 3 is 2.53 bits per heavy atom. The van der Waals surface area contributed by atoms with E-state index in [9.17, 15) is 18.8 Å². The van der Waals surface area contributed by atoms with Gasteiger partial charge in [-0.15, -0.1) is 0 Å². The SMILES string of the molecule is CC(C)n1c(=O)c2c(-c3noc(-c4ccc(F)cc4)n3)ncn2c2ccc(F)c(C#N)c21. The summed E-state index contributed by atoms with van der Waals surface area (Å²) in [6.45, 7) is 3.53. The van der Waals surface area contributed by atoms with Crippen LogP contribution in [0.4, 0.5) is 8.78 Å². The van der Waals surface area contributed by atoms with Crippen LogP contribution in [-0.2, 0) is 0 Å². The number of hydrogen-bond donors (Lipinski definition) is 0. The molecule has 158 valence electrons. The Morgan fingerprint density at radius 2 is 1.84 bits per heavy atom. The first-order valence-corrected chi connectivity index (χ1v) is 9.64. The number of rotatable bonds is 3. The van der Waals surface area contributed by atoms with Crippen LogP contribution in [0, 0.1) is 23.0 Å². The molecule has 0 bridgehead atoms. The number of aromatic nitrogens is 5. The van der Waals surface area contributed by atoms with E-state index in [1.165, 1.54) is 51.7 Å². The van der Waals surface area contributed by atoms with Crippen LogP contribution in [0.15, 0.2) is 52.0 Å².